The standard InChI is InChI=1S/C17H26N2O3.ClH/c1-13(18)16-8-3-4-9-19(16)17(20)14-6-5-7-15(12-14)22-11-10-21-2;/h5-7,12-13,16H,3-4,8-11,18H2,1-2H3;1H. The average molecular weight is 343 g/mol. The zero-order valence-corrected chi connectivity index (χ0v) is 14.7. The molecule has 0 saturated carbocycles. The lowest BCUT2D eigenvalue weighted by molar-refractivity contribution is 0.0583. The van der Waals surface area contributed by atoms with E-state index in [1.165, 1.54) is 0 Å². The van der Waals surface area contributed by atoms with E-state index < -0.39 is 0 Å². The molecule has 1 amide bonds. The first-order valence-electron chi connectivity index (χ1n) is 7.92. The number of nitrogens with two attached hydrogens (primary N) is 1. The molecule has 1 fully saturated rings. The fraction of sp³-hybridized carbons (Fsp3) is 0.588. The van der Waals surface area contributed by atoms with Crippen LogP contribution in [0, 0.1) is 0 Å². The van der Waals surface area contributed by atoms with E-state index in [1.807, 2.05) is 30.0 Å². The maximum absolute atomic E-state index is 12.8. The summed E-state index contributed by atoms with van der Waals surface area (Å²) in [5.41, 5.74) is 6.71. The van der Waals surface area contributed by atoms with Crippen LogP contribution in [0.5, 0.6) is 5.75 Å². The van der Waals surface area contributed by atoms with Crippen LogP contribution in [0.2, 0.25) is 0 Å². The van der Waals surface area contributed by atoms with Gasteiger partial charge in [0, 0.05) is 31.3 Å². The minimum atomic E-state index is -0.00890. The van der Waals surface area contributed by atoms with Crippen molar-refractivity contribution in [1.29, 1.82) is 0 Å². The largest absolute Gasteiger partial charge is 0.491 e. The van der Waals surface area contributed by atoms with Gasteiger partial charge < -0.3 is 20.1 Å². The van der Waals surface area contributed by atoms with E-state index in [1.54, 1.807) is 13.2 Å². The van der Waals surface area contributed by atoms with Crippen molar-refractivity contribution in [2.45, 2.75) is 38.3 Å². The minimum Gasteiger partial charge on any atom is -0.491 e. The molecular weight excluding hydrogens is 316 g/mol. The number of amides is 1. The number of hydrogen-bond acceptors (Lipinski definition) is 4. The zero-order valence-electron chi connectivity index (χ0n) is 13.9. The van der Waals surface area contributed by atoms with Crippen molar-refractivity contribution < 1.29 is 14.3 Å². The molecule has 1 heterocycles. The zero-order chi connectivity index (χ0) is 15.9. The molecule has 2 atom stereocenters. The van der Waals surface area contributed by atoms with Crippen LogP contribution in [0.3, 0.4) is 0 Å². The molecule has 130 valence electrons. The number of carbonyl (C=O) groups is 1. The molecule has 6 heteroatoms. The van der Waals surface area contributed by atoms with Gasteiger partial charge in [-0.1, -0.05) is 6.07 Å². The number of methoxy groups -OCH3 is 1. The lowest BCUT2D eigenvalue weighted by Crippen LogP contribution is -2.51. The first-order valence-corrected chi connectivity index (χ1v) is 7.92. The Balaban J connectivity index is 0.00000264. The molecule has 1 aromatic carbocycles. The Bertz CT molecular complexity index is 496. The van der Waals surface area contributed by atoms with Gasteiger partial charge in [-0.2, -0.15) is 0 Å². The SMILES string of the molecule is COCCOc1cccc(C(=O)N2CCCCC2C(C)N)c1.Cl. The number of piperidine rings is 1. The van der Waals surface area contributed by atoms with Gasteiger partial charge in [0.15, 0.2) is 0 Å². The van der Waals surface area contributed by atoms with Crippen LogP contribution >= 0.6 is 12.4 Å². The maximum Gasteiger partial charge on any atom is 0.254 e. The highest BCUT2D eigenvalue weighted by Gasteiger charge is 2.29. The summed E-state index contributed by atoms with van der Waals surface area (Å²) in [5.74, 6) is 0.733. The van der Waals surface area contributed by atoms with Gasteiger partial charge in [-0.15, -0.1) is 12.4 Å². The van der Waals surface area contributed by atoms with Gasteiger partial charge >= 0.3 is 0 Å². The second-order valence-corrected chi connectivity index (χ2v) is 5.79. The van der Waals surface area contributed by atoms with Crippen LogP contribution in [0.1, 0.15) is 36.5 Å². The predicted octanol–water partition coefficient (Wildman–Crippen LogP) is 2.48. The lowest BCUT2D eigenvalue weighted by Gasteiger charge is -2.38. The number of hydrogen-bond donors (Lipinski definition) is 1. The Labute approximate surface area is 144 Å². The number of rotatable bonds is 6. The summed E-state index contributed by atoms with van der Waals surface area (Å²) in [5, 5.41) is 0. The summed E-state index contributed by atoms with van der Waals surface area (Å²) in [6.45, 7) is 3.75. The van der Waals surface area contributed by atoms with Crippen LogP contribution in [-0.2, 0) is 4.74 Å². The smallest absolute Gasteiger partial charge is 0.254 e. The summed E-state index contributed by atoms with van der Waals surface area (Å²) in [6.07, 6.45) is 3.16. The average Bonchev–Trinajstić information content (AvgIpc) is 2.54. The van der Waals surface area contributed by atoms with E-state index in [0.717, 1.165) is 25.8 Å². The third-order valence-corrected chi connectivity index (χ3v) is 4.05. The number of halogens is 1. The second kappa shape index (κ2) is 9.75. The topological polar surface area (TPSA) is 64.8 Å². The quantitative estimate of drug-likeness (QED) is 0.807. The minimum absolute atomic E-state index is 0. The van der Waals surface area contributed by atoms with Gasteiger partial charge in [0.25, 0.3) is 5.91 Å². The normalized spacial score (nSPS) is 18.9. The molecule has 1 aromatic rings. The Kier molecular flexibility index (Phi) is 8.37. The summed E-state index contributed by atoms with van der Waals surface area (Å²) in [4.78, 5) is 14.7. The van der Waals surface area contributed by atoms with Gasteiger partial charge in [-0.3, -0.25) is 4.79 Å². The number of nitrogens with zero attached hydrogens (tertiary/aromatic N) is 1. The molecule has 0 aliphatic carbocycles. The van der Waals surface area contributed by atoms with Gasteiger partial charge in [-0.05, 0) is 44.4 Å². The Morgan fingerprint density at radius 2 is 2.17 bits per heavy atom. The van der Waals surface area contributed by atoms with Crippen molar-refractivity contribution in [2.24, 2.45) is 5.73 Å². The van der Waals surface area contributed by atoms with Crippen molar-refractivity contribution in [1.82, 2.24) is 4.90 Å². The number of carbonyl (C=O) groups excluding carboxylic acids is 1. The molecule has 0 spiro atoms. The van der Waals surface area contributed by atoms with E-state index >= 15 is 0 Å². The van der Waals surface area contributed by atoms with E-state index in [0.29, 0.717) is 24.5 Å². The molecule has 5 nitrogen and oxygen atoms in total. The molecule has 2 unspecified atom stereocenters. The van der Waals surface area contributed by atoms with Crippen molar-refractivity contribution in [3.05, 3.63) is 29.8 Å². The Morgan fingerprint density at radius 1 is 1.39 bits per heavy atom. The molecule has 1 saturated heterocycles. The van der Waals surface area contributed by atoms with Crippen LogP contribution in [0.4, 0.5) is 0 Å². The van der Waals surface area contributed by atoms with Crippen molar-refractivity contribution in [3.63, 3.8) is 0 Å². The van der Waals surface area contributed by atoms with Crippen LogP contribution in [-0.4, -0.2) is 49.8 Å². The highest BCUT2D eigenvalue weighted by molar-refractivity contribution is 5.95. The highest BCUT2D eigenvalue weighted by Crippen LogP contribution is 2.23. The predicted molar refractivity (Wildman–Crippen MR) is 93.4 cm³/mol. The molecule has 23 heavy (non-hydrogen) atoms. The number of benzene rings is 1. The number of ether oxygens (including phenoxy) is 2. The fourth-order valence-corrected chi connectivity index (χ4v) is 2.88. The summed E-state index contributed by atoms with van der Waals surface area (Å²) < 4.78 is 10.5. The third kappa shape index (κ3) is 5.37. The van der Waals surface area contributed by atoms with Crippen LogP contribution < -0.4 is 10.5 Å². The summed E-state index contributed by atoms with van der Waals surface area (Å²) >= 11 is 0. The molecular formula is C17H27ClN2O3. The van der Waals surface area contributed by atoms with Crippen LogP contribution in [0.25, 0.3) is 0 Å². The monoisotopic (exact) mass is 342 g/mol. The van der Waals surface area contributed by atoms with Crippen LogP contribution in [0.15, 0.2) is 24.3 Å². The van der Waals surface area contributed by atoms with Gasteiger partial charge in [-0.25, -0.2) is 0 Å². The lowest BCUT2D eigenvalue weighted by atomic mass is 9.96. The second-order valence-electron chi connectivity index (χ2n) is 5.79. The number of likely N-dealkylation sites (tertiary alicyclic amines) is 1. The first-order chi connectivity index (χ1) is 10.6. The van der Waals surface area contributed by atoms with Gasteiger partial charge in [0.05, 0.1) is 6.61 Å². The summed E-state index contributed by atoms with van der Waals surface area (Å²) in [6, 6.07) is 7.44. The third-order valence-electron chi connectivity index (χ3n) is 4.05. The molecule has 1 aliphatic heterocycles. The van der Waals surface area contributed by atoms with Crippen molar-refractivity contribution in [3.8, 4) is 5.75 Å². The van der Waals surface area contributed by atoms with E-state index in [4.69, 9.17) is 15.2 Å². The Hall–Kier alpha value is -1.30. The van der Waals surface area contributed by atoms with Gasteiger partial charge in [0.1, 0.15) is 12.4 Å². The van der Waals surface area contributed by atoms with Crippen molar-refractivity contribution in [2.75, 3.05) is 26.9 Å². The molecule has 2 rings (SSSR count). The van der Waals surface area contributed by atoms with Crippen molar-refractivity contribution >= 4 is 18.3 Å². The van der Waals surface area contributed by atoms with E-state index in [9.17, 15) is 4.79 Å². The highest BCUT2D eigenvalue weighted by atomic mass is 35.5. The molecule has 0 radical (unpaired) electrons. The fourth-order valence-electron chi connectivity index (χ4n) is 2.88. The van der Waals surface area contributed by atoms with E-state index in [-0.39, 0.29) is 30.4 Å². The summed E-state index contributed by atoms with van der Waals surface area (Å²) in [7, 11) is 1.63. The molecule has 0 aromatic heterocycles. The molecule has 0 bridgehead atoms. The molecule has 1 aliphatic rings. The van der Waals surface area contributed by atoms with E-state index in [2.05, 4.69) is 0 Å². The van der Waals surface area contributed by atoms with Gasteiger partial charge in [0.2, 0.25) is 0 Å². The maximum atomic E-state index is 12.8. The first kappa shape index (κ1) is 19.7. The molecule has 2 N–H and O–H groups in total. The Morgan fingerprint density at radius 3 is 2.87 bits per heavy atom.